The summed E-state index contributed by atoms with van der Waals surface area (Å²) in [5.74, 6) is 0.498. The zero-order chi connectivity index (χ0) is 20.6. The number of nitrogens with zero attached hydrogens (tertiary/aromatic N) is 1. The fraction of sp³-hybridized carbons (Fsp3) is 0.286. The van der Waals surface area contributed by atoms with E-state index >= 15 is 0 Å². The lowest BCUT2D eigenvalue weighted by atomic mass is 10.1. The van der Waals surface area contributed by atoms with Gasteiger partial charge in [-0.25, -0.2) is 8.42 Å². The third-order valence-corrected chi connectivity index (χ3v) is 7.08. The number of sulfonamides is 1. The number of amides is 1. The summed E-state index contributed by atoms with van der Waals surface area (Å²) in [5.41, 5.74) is 1.80. The van der Waals surface area contributed by atoms with E-state index in [1.807, 2.05) is 13.0 Å². The van der Waals surface area contributed by atoms with Crippen molar-refractivity contribution in [3.63, 3.8) is 0 Å². The minimum absolute atomic E-state index is 0.210. The van der Waals surface area contributed by atoms with Crippen LogP contribution in [0.25, 0.3) is 11.0 Å². The number of aryl methyl sites for hydroxylation is 1. The minimum Gasteiger partial charge on any atom is -0.497 e. The molecule has 1 aromatic heterocycles. The van der Waals surface area contributed by atoms with Gasteiger partial charge in [-0.15, -0.1) is 0 Å². The van der Waals surface area contributed by atoms with E-state index in [-0.39, 0.29) is 10.7 Å². The molecule has 1 fully saturated rings. The van der Waals surface area contributed by atoms with Crippen LogP contribution >= 0.6 is 0 Å². The molecule has 0 atom stereocenters. The first-order chi connectivity index (χ1) is 13.9. The Kier molecular flexibility index (Phi) is 5.06. The zero-order valence-corrected chi connectivity index (χ0v) is 17.1. The number of benzene rings is 2. The van der Waals surface area contributed by atoms with Gasteiger partial charge < -0.3 is 14.5 Å². The SMILES string of the molecule is COc1ccc2oc(C(=O)Nc3ccc(S(=O)(=O)N4CCCC4)cc3)c(C)c2c1. The summed E-state index contributed by atoms with van der Waals surface area (Å²) in [6.45, 7) is 2.92. The smallest absolute Gasteiger partial charge is 0.291 e. The van der Waals surface area contributed by atoms with Crippen LogP contribution in [0.4, 0.5) is 5.69 Å². The highest BCUT2D eigenvalue weighted by Crippen LogP contribution is 2.29. The van der Waals surface area contributed by atoms with Crippen LogP contribution in [0.1, 0.15) is 29.0 Å². The Morgan fingerprint density at radius 1 is 1.10 bits per heavy atom. The number of hydrogen-bond donors (Lipinski definition) is 1. The predicted octanol–water partition coefficient (Wildman–Crippen LogP) is 3.79. The number of carbonyl (C=O) groups is 1. The maximum absolute atomic E-state index is 12.7. The second-order valence-corrected chi connectivity index (χ2v) is 8.95. The van der Waals surface area contributed by atoms with Crippen molar-refractivity contribution in [2.45, 2.75) is 24.7 Å². The second kappa shape index (κ2) is 7.53. The van der Waals surface area contributed by atoms with Crippen LogP contribution in [-0.2, 0) is 10.0 Å². The summed E-state index contributed by atoms with van der Waals surface area (Å²) in [6.07, 6.45) is 1.77. The summed E-state index contributed by atoms with van der Waals surface area (Å²) in [4.78, 5) is 12.9. The molecule has 0 saturated carbocycles. The van der Waals surface area contributed by atoms with Gasteiger partial charge in [0.2, 0.25) is 10.0 Å². The summed E-state index contributed by atoms with van der Waals surface area (Å²) in [7, 11) is -1.90. The lowest BCUT2D eigenvalue weighted by Crippen LogP contribution is -2.27. The predicted molar refractivity (Wildman–Crippen MR) is 110 cm³/mol. The number of carbonyl (C=O) groups excluding carboxylic acids is 1. The van der Waals surface area contributed by atoms with Gasteiger partial charge in [0.1, 0.15) is 11.3 Å². The van der Waals surface area contributed by atoms with Crippen molar-refractivity contribution < 1.29 is 22.4 Å². The lowest BCUT2D eigenvalue weighted by Gasteiger charge is -2.15. The molecule has 0 aliphatic carbocycles. The maximum atomic E-state index is 12.7. The number of nitrogens with one attached hydrogen (secondary N) is 1. The fourth-order valence-electron chi connectivity index (χ4n) is 3.52. The number of rotatable bonds is 5. The summed E-state index contributed by atoms with van der Waals surface area (Å²) >= 11 is 0. The number of methoxy groups -OCH3 is 1. The Morgan fingerprint density at radius 2 is 1.79 bits per heavy atom. The van der Waals surface area contributed by atoms with Crippen LogP contribution < -0.4 is 10.1 Å². The highest BCUT2D eigenvalue weighted by atomic mass is 32.2. The van der Waals surface area contributed by atoms with Crippen molar-refractivity contribution in [2.24, 2.45) is 0 Å². The molecule has 2 heterocycles. The van der Waals surface area contributed by atoms with Crippen LogP contribution in [0, 0.1) is 6.92 Å². The third-order valence-electron chi connectivity index (χ3n) is 5.16. The molecular weight excluding hydrogens is 392 g/mol. The van der Waals surface area contributed by atoms with Gasteiger partial charge in [-0.2, -0.15) is 4.31 Å². The molecule has 0 unspecified atom stereocenters. The largest absolute Gasteiger partial charge is 0.497 e. The molecule has 1 aliphatic heterocycles. The first-order valence-corrected chi connectivity index (χ1v) is 10.8. The molecule has 0 radical (unpaired) electrons. The highest BCUT2D eigenvalue weighted by Gasteiger charge is 2.27. The molecule has 0 bridgehead atoms. The number of ether oxygens (including phenoxy) is 1. The molecule has 2 aromatic carbocycles. The van der Waals surface area contributed by atoms with Gasteiger partial charge in [0.05, 0.1) is 12.0 Å². The third kappa shape index (κ3) is 3.61. The highest BCUT2D eigenvalue weighted by molar-refractivity contribution is 7.89. The summed E-state index contributed by atoms with van der Waals surface area (Å²) in [6, 6.07) is 11.5. The molecule has 1 saturated heterocycles. The average molecular weight is 414 g/mol. The van der Waals surface area contributed by atoms with Gasteiger partial charge in [0, 0.05) is 29.7 Å². The van der Waals surface area contributed by atoms with E-state index in [0.717, 1.165) is 18.2 Å². The van der Waals surface area contributed by atoms with Gasteiger partial charge in [0.15, 0.2) is 5.76 Å². The van der Waals surface area contributed by atoms with Crippen LogP contribution in [0.2, 0.25) is 0 Å². The van der Waals surface area contributed by atoms with Crippen LogP contribution in [-0.4, -0.2) is 38.8 Å². The molecule has 29 heavy (non-hydrogen) atoms. The van der Waals surface area contributed by atoms with Gasteiger partial charge in [-0.1, -0.05) is 0 Å². The number of anilines is 1. The normalized spacial score (nSPS) is 15.0. The van der Waals surface area contributed by atoms with Crippen molar-refractivity contribution in [2.75, 3.05) is 25.5 Å². The van der Waals surface area contributed by atoms with E-state index in [1.54, 1.807) is 31.4 Å². The van der Waals surface area contributed by atoms with E-state index < -0.39 is 15.9 Å². The standard InChI is InChI=1S/C21H22N2O5S/c1-14-18-13-16(27-2)7-10-19(18)28-20(14)21(24)22-15-5-8-17(9-6-15)29(25,26)23-11-3-4-12-23/h5-10,13H,3-4,11-12H2,1-2H3,(H,22,24). The van der Waals surface area contributed by atoms with E-state index in [9.17, 15) is 13.2 Å². The summed E-state index contributed by atoms with van der Waals surface area (Å²) < 4.78 is 37.6. The van der Waals surface area contributed by atoms with E-state index in [4.69, 9.17) is 9.15 Å². The fourth-order valence-corrected chi connectivity index (χ4v) is 5.04. The first kappa shape index (κ1) is 19.5. The second-order valence-electron chi connectivity index (χ2n) is 7.01. The van der Waals surface area contributed by atoms with E-state index in [1.165, 1.54) is 16.4 Å². The van der Waals surface area contributed by atoms with E-state index in [0.29, 0.717) is 35.7 Å². The van der Waals surface area contributed by atoms with Gasteiger partial charge in [0.25, 0.3) is 5.91 Å². The quantitative estimate of drug-likeness (QED) is 0.686. The van der Waals surface area contributed by atoms with Gasteiger partial charge in [-0.05, 0) is 62.2 Å². The minimum atomic E-state index is -3.48. The number of furan rings is 1. The molecule has 8 heteroatoms. The topological polar surface area (TPSA) is 88.8 Å². The lowest BCUT2D eigenvalue weighted by molar-refractivity contribution is 0.0998. The van der Waals surface area contributed by atoms with Crippen molar-refractivity contribution in [3.8, 4) is 5.75 Å². The Labute approximate surface area is 169 Å². The van der Waals surface area contributed by atoms with Crippen molar-refractivity contribution in [3.05, 3.63) is 53.8 Å². The molecule has 0 spiro atoms. The molecule has 3 aromatic rings. The monoisotopic (exact) mass is 414 g/mol. The Hall–Kier alpha value is -2.84. The zero-order valence-electron chi connectivity index (χ0n) is 16.3. The van der Waals surface area contributed by atoms with Gasteiger partial charge in [-0.3, -0.25) is 4.79 Å². The Morgan fingerprint density at radius 3 is 2.45 bits per heavy atom. The molecule has 7 nitrogen and oxygen atoms in total. The first-order valence-electron chi connectivity index (χ1n) is 9.39. The number of hydrogen-bond acceptors (Lipinski definition) is 5. The van der Waals surface area contributed by atoms with Crippen LogP contribution in [0.5, 0.6) is 5.75 Å². The Balaban J connectivity index is 1.54. The van der Waals surface area contributed by atoms with Crippen molar-refractivity contribution >= 4 is 32.6 Å². The van der Waals surface area contributed by atoms with Crippen LogP contribution in [0.15, 0.2) is 51.8 Å². The maximum Gasteiger partial charge on any atom is 0.291 e. The molecule has 1 amide bonds. The Bertz CT molecular complexity index is 1160. The van der Waals surface area contributed by atoms with Crippen molar-refractivity contribution in [1.29, 1.82) is 0 Å². The van der Waals surface area contributed by atoms with E-state index in [2.05, 4.69) is 5.32 Å². The van der Waals surface area contributed by atoms with Crippen LogP contribution in [0.3, 0.4) is 0 Å². The average Bonchev–Trinajstić information content (AvgIpc) is 3.37. The number of fused-ring (bicyclic) bond motifs is 1. The molecular formula is C21H22N2O5S. The molecule has 1 aliphatic rings. The molecule has 152 valence electrons. The van der Waals surface area contributed by atoms with Gasteiger partial charge >= 0.3 is 0 Å². The summed E-state index contributed by atoms with van der Waals surface area (Å²) in [5, 5.41) is 3.57. The molecule has 4 rings (SSSR count). The van der Waals surface area contributed by atoms with Crippen molar-refractivity contribution in [1.82, 2.24) is 4.31 Å². The molecule has 1 N–H and O–H groups in total.